The monoisotopic (exact) mass is 278 g/mol. The van der Waals surface area contributed by atoms with Gasteiger partial charge in [-0.25, -0.2) is 0 Å². The predicted molar refractivity (Wildman–Crippen MR) is 87.4 cm³/mol. The van der Waals surface area contributed by atoms with Crippen molar-refractivity contribution in [3.8, 4) is 33.8 Å². The smallest absolute Gasteiger partial charge is 0.115 e. The maximum atomic E-state index is 9.39. The van der Waals surface area contributed by atoms with Gasteiger partial charge in [-0.2, -0.15) is 0 Å². The summed E-state index contributed by atoms with van der Waals surface area (Å²) in [5, 5.41) is 18.8. The SMILES string of the molecule is C.Oc1ccc(-c2ccccc2-c2ccc(O)cc2)cc1. The molecule has 0 saturated heterocycles. The van der Waals surface area contributed by atoms with Crippen molar-refractivity contribution in [3.05, 3.63) is 72.8 Å². The van der Waals surface area contributed by atoms with Gasteiger partial charge in [0.2, 0.25) is 0 Å². The van der Waals surface area contributed by atoms with Gasteiger partial charge in [0.1, 0.15) is 11.5 Å². The van der Waals surface area contributed by atoms with Crippen LogP contribution in [-0.2, 0) is 0 Å². The van der Waals surface area contributed by atoms with Crippen LogP contribution < -0.4 is 0 Å². The second-order valence-corrected chi connectivity index (χ2v) is 4.64. The first kappa shape index (κ1) is 14.7. The first-order valence-electron chi connectivity index (χ1n) is 6.42. The van der Waals surface area contributed by atoms with Crippen LogP contribution in [0.5, 0.6) is 11.5 Å². The van der Waals surface area contributed by atoms with Crippen molar-refractivity contribution in [2.24, 2.45) is 0 Å². The van der Waals surface area contributed by atoms with Crippen molar-refractivity contribution in [2.45, 2.75) is 7.43 Å². The lowest BCUT2D eigenvalue weighted by Crippen LogP contribution is -1.84. The lowest BCUT2D eigenvalue weighted by molar-refractivity contribution is 0.475. The zero-order chi connectivity index (χ0) is 13.9. The maximum absolute atomic E-state index is 9.39. The Hall–Kier alpha value is -2.74. The molecular weight excluding hydrogens is 260 g/mol. The molecule has 0 saturated carbocycles. The molecule has 0 aliphatic carbocycles. The predicted octanol–water partition coefficient (Wildman–Crippen LogP) is 5.07. The molecule has 0 aliphatic heterocycles. The number of phenolic OH excluding ortho intramolecular Hbond substituents is 2. The van der Waals surface area contributed by atoms with E-state index in [0.717, 1.165) is 22.3 Å². The van der Waals surface area contributed by atoms with E-state index in [1.54, 1.807) is 24.3 Å². The molecule has 0 radical (unpaired) electrons. The van der Waals surface area contributed by atoms with E-state index in [-0.39, 0.29) is 18.9 Å². The lowest BCUT2D eigenvalue weighted by Gasteiger charge is -2.10. The number of rotatable bonds is 2. The van der Waals surface area contributed by atoms with E-state index in [1.165, 1.54) is 0 Å². The summed E-state index contributed by atoms with van der Waals surface area (Å²) in [4.78, 5) is 0. The Kier molecular flexibility index (Phi) is 4.29. The molecule has 0 unspecified atom stereocenters. The van der Waals surface area contributed by atoms with Gasteiger partial charge in [-0.05, 0) is 46.5 Å². The van der Waals surface area contributed by atoms with Crippen LogP contribution in [0.3, 0.4) is 0 Å². The molecule has 106 valence electrons. The zero-order valence-corrected chi connectivity index (χ0v) is 10.8. The molecule has 3 aromatic rings. The molecule has 0 heterocycles. The minimum atomic E-state index is 0. The van der Waals surface area contributed by atoms with Crippen LogP contribution in [0, 0.1) is 0 Å². The number of hydrogen-bond donors (Lipinski definition) is 2. The third-order valence-corrected chi connectivity index (χ3v) is 3.28. The van der Waals surface area contributed by atoms with E-state index in [0.29, 0.717) is 0 Å². The average molecular weight is 278 g/mol. The lowest BCUT2D eigenvalue weighted by atomic mass is 9.94. The fourth-order valence-electron chi connectivity index (χ4n) is 2.27. The maximum Gasteiger partial charge on any atom is 0.115 e. The minimum absolute atomic E-state index is 0. The van der Waals surface area contributed by atoms with Crippen molar-refractivity contribution in [2.75, 3.05) is 0 Å². The van der Waals surface area contributed by atoms with Gasteiger partial charge < -0.3 is 10.2 Å². The molecule has 0 spiro atoms. The first-order chi connectivity index (χ1) is 9.74. The normalized spacial score (nSPS) is 9.90. The van der Waals surface area contributed by atoms with Crippen molar-refractivity contribution in [1.82, 2.24) is 0 Å². The van der Waals surface area contributed by atoms with Crippen LogP contribution in [0.4, 0.5) is 0 Å². The molecule has 0 aromatic heterocycles. The second-order valence-electron chi connectivity index (χ2n) is 4.64. The molecule has 0 aliphatic rings. The molecule has 2 heteroatoms. The van der Waals surface area contributed by atoms with Gasteiger partial charge in [-0.1, -0.05) is 56.0 Å². The minimum Gasteiger partial charge on any atom is -0.508 e. The summed E-state index contributed by atoms with van der Waals surface area (Å²) in [6, 6.07) is 22.4. The zero-order valence-electron chi connectivity index (χ0n) is 10.8. The van der Waals surface area contributed by atoms with Crippen molar-refractivity contribution in [1.29, 1.82) is 0 Å². The van der Waals surface area contributed by atoms with Crippen molar-refractivity contribution in [3.63, 3.8) is 0 Å². The summed E-state index contributed by atoms with van der Waals surface area (Å²) in [5.74, 6) is 0.520. The number of phenols is 2. The topological polar surface area (TPSA) is 40.5 Å². The van der Waals surface area contributed by atoms with Crippen LogP contribution in [0.25, 0.3) is 22.3 Å². The second kappa shape index (κ2) is 6.14. The van der Waals surface area contributed by atoms with E-state index < -0.39 is 0 Å². The number of benzene rings is 3. The first-order valence-corrected chi connectivity index (χ1v) is 6.42. The molecule has 0 amide bonds. The summed E-state index contributed by atoms with van der Waals surface area (Å²) in [5.41, 5.74) is 4.29. The van der Waals surface area contributed by atoms with E-state index in [2.05, 4.69) is 12.1 Å². The third kappa shape index (κ3) is 3.06. The fraction of sp³-hybridized carbons (Fsp3) is 0.0526. The Balaban J connectivity index is 0.00000161. The summed E-state index contributed by atoms with van der Waals surface area (Å²) in [6.45, 7) is 0. The van der Waals surface area contributed by atoms with Crippen LogP contribution in [-0.4, -0.2) is 10.2 Å². The highest BCUT2D eigenvalue weighted by Gasteiger charge is 2.06. The van der Waals surface area contributed by atoms with E-state index in [1.807, 2.05) is 36.4 Å². The van der Waals surface area contributed by atoms with E-state index >= 15 is 0 Å². The van der Waals surface area contributed by atoms with Gasteiger partial charge in [-0.3, -0.25) is 0 Å². The van der Waals surface area contributed by atoms with Crippen molar-refractivity contribution < 1.29 is 10.2 Å². The molecule has 0 fully saturated rings. The van der Waals surface area contributed by atoms with E-state index in [4.69, 9.17) is 0 Å². The van der Waals surface area contributed by atoms with Crippen LogP contribution in [0.1, 0.15) is 7.43 Å². The molecule has 3 aromatic carbocycles. The largest absolute Gasteiger partial charge is 0.508 e. The Morgan fingerprint density at radius 1 is 0.476 bits per heavy atom. The number of hydrogen-bond acceptors (Lipinski definition) is 2. The number of aromatic hydroxyl groups is 2. The molecule has 0 bridgehead atoms. The molecule has 2 N–H and O–H groups in total. The Labute approximate surface area is 125 Å². The third-order valence-electron chi connectivity index (χ3n) is 3.28. The molecular formula is C19H18O2. The van der Waals surface area contributed by atoms with Crippen LogP contribution >= 0.6 is 0 Å². The standard InChI is InChI=1S/C18H14O2.CH4/c19-15-9-5-13(6-10-15)17-3-1-2-4-18(17)14-7-11-16(20)12-8-14;/h1-12,19-20H;1H4. The summed E-state index contributed by atoms with van der Waals surface area (Å²) >= 11 is 0. The van der Waals surface area contributed by atoms with Gasteiger partial charge in [0.15, 0.2) is 0 Å². The van der Waals surface area contributed by atoms with Crippen molar-refractivity contribution >= 4 is 0 Å². The highest BCUT2D eigenvalue weighted by molar-refractivity contribution is 5.83. The van der Waals surface area contributed by atoms with Gasteiger partial charge in [-0.15, -0.1) is 0 Å². The fourth-order valence-corrected chi connectivity index (χ4v) is 2.27. The van der Waals surface area contributed by atoms with Gasteiger partial charge in [0, 0.05) is 0 Å². The molecule has 2 nitrogen and oxygen atoms in total. The Morgan fingerprint density at radius 2 is 0.810 bits per heavy atom. The quantitative estimate of drug-likeness (QED) is 0.687. The van der Waals surface area contributed by atoms with E-state index in [9.17, 15) is 10.2 Å². The summed E-state index contributed by atoms with van der Waals surface area (Å²) < 4.78 is 0. The molecule has 0 atom stereocenters. The van der Waals surface area contributed by atoms with Crippen LogP contribution in [0.2, 0.25) is 0 Å². The average Bonchev–Trinajstić information content (AvgIpc) is 2.49. The highest BCUT2D eigenvalue weighted by Crippen LogP contribution is 2.33. The van der Waals surface area contributed by atoms with Gasteiger partial charge in [0.25, 0.3) is 0 Å². The molecule has 3 rings (SSSR count). The highest BCUT2D eigenvalue weighted by atomic mass is 16.3. The Morgan fingerprint density at radius 3 is 1.14 bits per heavy atom. The molecule has 21 heavy (non-hydrogen) atoms. The van der Waals surface area contributed by atoms with Crippen LogP contribution in [0.15, 0.2) is 72.8 Å². The summed E-state index contributed by atoms with van der Waals surface area (Å²) in [6.07, 6.45) is 0. The van der Waals surface area contributed by atoms with Gasteiger partial charge >= 0.3 is 0 Å². The Bertz CT molecular complexity index is 649. The summed E-state index contributed by atoms with van der Waals surface area (Å²) in [7, 11) is 0. The van der Waals surface area contributed by atoms with Gasteiger partial charge in [0.05, 0.1) is 0 Å².